The number of nitrogen functional groups attached to an aromatic ring is 1. The van der Waals surface area contributed by atoms with Crippen LogP contribution in [0.1, 0.15) is 29.4 Å². The van der Waals surface area contributed by atoms with Gasteiger partial charge in [0.15, 0.2) is 0 Å². The largest absolute Gasteiger partial charge is 0.383 e. The smallest absolute Gasteiger partial charge is 0.271 e. The van der Waals surface area contributed by atoms with Crippen molar-refractivity contribution in [2.45, 2.75) is 25.9 Å². The van der Waals surface area contributed by atoms with E-state index in [1.807, 2.05) is 37.3 Å². The third kappa shape index (κ3) is 3.87. The molecule has 5 rings (SSSR count). The number of anilines is 1. The van der Waals surface area contributed by atoms with E-state index >= 15 is 0 Å². The van der Waals surface area contributed by atoms with E-state index in [2.05, 4.69) is 15.0 Å². The molecule has 3 heterocycles. The van der Waals surface area contributed by atoms with Crippen molar-refractivity contribution in [3.63, 3.8) is 0 Å². The summed E-state index contributed by atoms with van der Waals surface area (Å²) in [7, 11) is 0. The van der Waals surface area contributed by atoms with E-state index in [1.54, 1.807) is 21.9 Å². The molecule has 1 aliphatic heterocycles. The van der Waals surface area contributed by atoms with E-state index in [0.29, 0.717) is 42.6 Å². The third-order valence-electron chi connectivity index (χ3n) is 6.15. The summed E-state index contributed by atoms with van der Waals surface area (Å²) in [6.45, 7) is 3.29. The molecule has 3 N–H and O–H groups in total. The number of nitrogens with one attached hydrogen (secondary N) is 1. The van der Waals surface area contributed by atoms with Crippen LogP contribution in [0.5, 0.6) is 0 Å². The van der Waals surface area contributed by atoms with Gasteiger partial charge >= 0.3 is 0 Å². The lowest BCUT2D eigenvalue weighted by Gasteiger charge is -2.40. The number of fused-ring (bicyclic) bond motifs is 2. The van der Waals surface area contributed by atoms with Gasteiger partial charge in [0.1, 0.15) is 23.9 Å². The summed E-state index contributed by atoms with van der Waals surface area (Å²) in [4.78, 5) is 41.5. The maximum atomic E-state index is 13.3. The quantitative estimate of drug-likeness (QED) is 0.481. The average Bonchev–Trinajstić information content (AvgIpc) is 3.23. The molecule has 0 saturated carbocycles. The summed E-state index contributed by atoms with van der Waals surface area (Å²) in [5.74, 6) is 0.193. The summed E-state index contributed by atoms with van der Waals surface area (Å²) in [5.41, 5.74) is 8.90. The first kappa shape index (κ1) is 21.2. The van der Waals surface area contributed by atoms with Crippen LogP contribution in [-0.2, 0) is 11.3 Å². The number of hydrogen-bond donors (Lipinski definition) is 2. The summed E-state index contributed by atoms with van der Waals surface area (Å²) in [6, 6.07) is 12.4. The molecule has 4 aromatic rings. The molecule has 168 valence electrons. The number of benzene rings is 2. The topological polar surface area (TPSA) is 108 Å². The van der Waals surface area contributed by atoms with Crippen LogP contribution in [0.4, 0.5) is 5.82 Å². The molecule has 0 aliphatic carbocycles. The Bertz CT molecular complexity index is 1380. The molecule has 0 bridgehead atoms. The van der Waals surface area contributed by atoms with Crippen molar-refractivity contribution < 1.29 is 9.59 Å². The number of amides is 2. The average molecular weight is 463 g/mol. The molecule has 2 amide bonds. The predicted octanol–water partition coefficient (Wildman–Crippen LogP) is 3.61. The molecule has 2 aromatic heterocycles. The van der Waals surface area contributed by atoms with Gasteiger partial charge < -0.3 is 20.5 Å². The van der Waals surface area contributed by atoms with E-state index in [4.69, 9.17) is 17.3 Å². The number of carbonyl (C=O) groups is 2. The first-order valence-electron chi connectivity index (χ1n) is 10.8. The van der Waals surface area contributed by atoms with Gasteiger partial charge in [0.2, 0.25) is 5.91 Å². The van der Waals surface area contributed by atoms with Crippen LogP contribution in [-0.4, -0.2) is 55.7 Å². The summed E-state index contributed by atoms with van der Waals surface area (Å²) >= 11 is 6.07. The highest BCUT2D eigenvalue weighted by atomic mass is 35.5. The van der Waals surface area contributed by atoms with E-state index in [-0.39, 0.29) is 11.8 Å². The fraction of sp³-hybridized carbons (Fsp3) is 0.250. The van der Waals surface area contributed by atoms with Gasteiger partial charge in [0.25, 0.3) is 5.91 Å². The number of piperazine rings is 1. The molecule has 1 atom stereocenters. The Kier molecular flexibility index (Phi) is 5.38. The standard InChI is InChI=1S/C24H23ClN6O2/c1-2-21-24(33)30(12-14-3-5-17-19(9-14)27-13-28-22(17)26)7-8-31(21)23(32)20-11-15-10-16(25)4-6-18(15)29-20/h3-6,9-11,13,21,29H,2,7-8,12H2,1H3,(H2,26,27,28). The van der Waals surface area contributed by atoms with Crippen molar-refractivity contribution in [3.05, 3.63) is 65.1 Å². The van der Waals surface area contributed by atoms with Gasteiger partial charge in [0.05, 0.1) is 5.52 Å². The zero-order chi connectivity index (χ0) is 23.1. The summed E-state index contributed by atoms with van der Waals surface area (Å²) < 4.78 is 0. The van der Waals surface area contributed by atoms with Crippen molar-refractivity contribution in [1.82, 2.24) is 24.8 Å². The first-order chi connectivity index (χ1) is 15.9. The molecule has 1 saturated heterocycles. The molecule has 0 radical (unpaired) electrons. The zero-order valence-corrected chi connectivity index (χ0v) is 18.8. The minimum absolute atomic E-state index is 0.0569. The van der Waals surface area contributed by atoms with Crippen LogP contribution in [0, 0.1) is 0 Å². The van der Waals surface area contributed by atoms with Crippen LogP contribution >= 0.6 is 11.6 Å². The lowest BCUT2D eigenvalue weighted by molar-refractivity contribution is -0.141. The summed E-state index contributed by atoms with van der Waals surface area (Å²) in [6.07, 6.45) is 1.97. The molecule has 8 nitrogen and oxygen atoms in total. The second kappa shape index (κ2) is 8.37. The van der Waals surface area contributed by atoms with Gasteiger partial charge in [-0.3, -0.25) is 9.59 Å². The molecule has 33 heavy (non-hydrogen) atoms. The predicted molar refractivity (Wildman–Crippen MR) is 128 cm³/mol. The molecule has 2 aromatic carbocycles. The second-order valence-corrected chi connectivity index (χ2v) is 8.64. The van der Waals surface area contributed by atoms with Gasteiger partial charge in [-0.25, -0.2) is 9.97 Å². The van der Waals surface area contributed by atoms with Gasteiger partial charge in [-0.15, -0.1) is 0 Å². The molecule has 1 fully saturated rings. The second-order valence-electron chi connectivity index (χ2n) is 8.21. The van der Waals surface area contributed by atoms with Crippen LogP contribution < -0.4 is 5.73 Å². The highest BCUT2D eigenvalue weighted by Crippen LogP contribution is 2.25. The number of aromatic amines is 1. The molecule has 0 spiro atoms. The Balaban J connectivity index is 1.35. The number of nitrogens with zero attached hydrogens (tertiary/aromatic N) is 4. The van der Waals surface area contributed by atoms with Gasteiger partial charge in [-0.2, -0.15) is 0 Å². The number of hydrogen-bond acceptors (Lipinski definition) is 5. The fourth-order valence-electron chi connectivity index (χ4n) is 4.45. The fourth-order valence-corrected chi connectivity index (χ4v) is 4.63. The zero-order valence-electron chi connectivity index (χ0n) is 18.1. The van der Waals surface area contributed by atoms with Crippen molar-refractivity contribution in [2.75, 3.05) is 18.8 Å². The van der Waals surface area contributed by atoms with E-state index < -0.39 is 6.04 Å². The number of halogens is 1. The Labute approximate surface area is 195 Å². The maximum absolute atomic E-state index is 13.3. The van der Waals surface area contributed by atoms with Crippen molar-refractivity contribution in [1.29, 1.82) is 0 Å². The van der Waals surface area contributed by atoms with Gasteiger partial charge in [-0.05, 0) is 48.4 Å². The lowest BCUT2D eigenvalue weighted by atomic mass is 10.1. The van der Waals surface area contributed by atoms with Crippen LogP contribution in [0.25, 0.3) is 21.8 Å². The number of rotatable bonds is 4. The maximum Gasteiger partial charge on any atom is 0.271 e. The minimum atomic E-state index is -0.514. The van der Waals surface area contributed by atoms with Crippen LogP contribution in [0.15, 0.2) is 48.8 Å². The van der Waals surface area contributed by atoms with Gasteiger partial charge in [0, 0.05) is 40.9 Å². The van der Waals surface area contributed by atoms with E-state index in [9.17, 15) is 9.59 Å². The molecule has 1 aliphatic rings. The van der Waals surface area contributed by atoms with Crippen molar-refractivity contribution in [2.24, 2.45) is 0 Å². The number of carbonyl (C=O) groups excluding carboxylic acids is 2. The number of H-pyrrole nitrogens is 1. The highest BCUT2D eigenvalue weighted by molar-refractivity contribution is 6.31. The number of nitrogens with two attached hydrogens (primary N) is 1. The van der Waals surface area contributed by atoms with E-state index in [0.717, 1.165) is 27.4 Å². The SMILES string of the molecule is CCC1C(=O)N(Cc2ccc3c(N)ncnc3c2)CCN1C(=O)c1cc2cc(Cl)ccc2[nH]1. The highest BCUT2D eigenvalue weighted by Gasteiger charge is 2.37. The monoisotopic (exact) mass is 462 g/mol. The normalized spacial score (nSPS) is 16.7. The first-order valence-corrected chi connectivity index (χ1v) is 11.2. The Morgan fingerprint density at radius 2 is 2.03 bits per heavy atom. The Morgan fingerprint density at radius 1 is 1.18 bits per heavy atom. The Hall–Kier alpha value is -3.65. The lowest BCUT2D eigenvalue weighted by Crippen LogP contribution is -2.58. The van der Waals surface area contributed by atoms with Crippen molar-refractivity contribution in [3.8, 4) is 0 Å². The summed E-state index contributed by atoms with van der Waals surface area (Å²) in [5, 5.41) is 2.26. The molecule has 9 heteroatoms. The van der Waals surface area contributed by atoms with Crippen molar-refractivity contribution >= 4 is 51.0 Å². The Morgan fingerprint density at radius 3 is 2.85 bits per heavy atom. The van der Waals surface area contributed by atoms with Crippen LogP contribution in [0.3, 0.4) is 0 Å². The molecule has 1 unspecified atom stereocenters. The van der Waals surface area contributed by atoms with E-state index in [1.165, 1.54) is 6.33 Å². The van der Waals surface area contributed by atoms with Crippen LogP contribution in [0.2, 0.25) is 5.02 Å². The molecular formula is C24H23ClN6O2. The van der Waals surface area contributed by atoms with Gasteiger partial charge in [-0.1, -0.05) is 24.6 Å². The number of aromatic nitrogens is 3. The third-order valence-corrected chi connectivity index (χ3v) is 6.38. The minimum Gasteiger partial charge on any atom is -0.383 e. The molecular weight excluding hydrogens is 440 g/mol.